The van der Waals surface area contributed by atoms with E-state index in [1.165, 1.54) is 0 Å². The topological polar surface area (TPSA) is 117 Å². The highest BCUT2D eigenvalue weighted by atomic mass is 16.5. The Morgan fingerprint density at radius 3 is 2.68 bits per heavy atom. The maximum atomic E-state index is 9.57. The van der Waals surface area contributed by atoms with Crippen molar-refractivity contribution in [2.24, 2.45) is 5.84 Å². The molecular weight excluding hydrogens is 250 g/mol. The number of ether oxygens (including phenoxy) is 1. The van der Waals surface area contributed by atoms with Crippen LogP contribution < -0.4 is 16.2 Å². The van der Waals surface area contributed by atoms with Crippen molar-refractivity contribution in [1.82, 2.24) is 9.97 Å². The summed E-state index contributed by atoms with van der Waals surface area (Å²) in [6.07, 6.45) is -1.53. The Morgan fingerprint density at radius 1 is 1.42 bits per heavy atom. The quantitative estimate of drug-likeness (QED) is 0.391. The first-order chi connectivity index (χ1) is 9.13. The van der Waals surface area contributed by atoms with Crippen LogP contribution in [0.1, 0.15) is 12.7 Å². The third-order valence-corrected chi connectivity index (χ3v) is 2.93. The van der Waals surface area contributed by atoms with Crippen molar-refractivity contribution in [3.63, 3.8) is 0 Å². The lowest BCUT2D eigenvalue weighted by Crippen LogP contribution is -2.23. The molecule has 2 heterocycles. The number of aliphatic hydroxyl groups is 2. The van der Waals surface area contributed by atoms with Gasteiger partial charge in [0.25, 0.3) is 0 Å². The molecule has 0 aliphatic carbocycles. The molecule has 0 spiro atoms. The van der Waals surface area contributed by atoms with E-state index < -0.39 is 12.2 Å². The average molecular weight is 269 g/mol. The largest absolute Gasteiger partial charge is 0.389 e. The zero-order chi connectivity index (χ0) is 13.8. The Bertz CT molecular complexity index is 421. The fourth-order valence-corrected chi connectivity index (χ4v) is 1.93. The van der Waals surface area contributed by atoms with Gasteiger partial charge in [-0.05, 0) is 6.92 Å². The minimum Gasteiger partial charge on any atom is -0.389 e. The maximum Gasteiger partial charge on any atom is 0.158 e. The molecule has 0 saturated carbocycles. The standard InChI is InChI=1S/C11H19N5O3/c1-2-19-6-10-13-9(15-12)3-11(14-10)16-4-7(17)8(18)5-16/h3,7-8,17-18H,2,4-6,12H2,1H3,(H,13,14,15). The van der Waals surface area contributed by atoms with Crippen molar-refractivity contribution < 1.29 is 14.9 Å². The summed E-state index contributed by atoms with van der Waals surface area (Å²) in [5.41, 5.74) is 2.47. The van der Waals surface area contributed by atoms with Gasteiger partial charge >= 0.3 is 0 Å². The Morgan fingerprint density at radius 2 is 2.11 bits per heavy atom. The number of nitrogens with zero attached hydrogens (tertiary/aromatic N) is 3. The summed E-state index contributed by atoms with van der Waals surface area (Å²) >= 11 is 0. The van der Waals surface area contributed by atoms with Crippen molar-refractivity contribution in [1.29, 1.82) is 0 Å². The molecule has 0 amide bonds. The zero-order valence-electron chi connectivity index (χ0n) is 10.8. The number of hydrogen-bond donors (Lipinski definition) is 4. The second-order valence-electron chi connectivity index (χ2n) is 4.35. The van der Waals surface area contributed by atoms with Crippen LogP contribution in [0, 0.1) is 0 Å². The first kappa shape index (κ1) is 13.9. The van der Waals surface area contributed by atoms with Crippen molar-refractivity contribution in [2.75, 3.05) is 30.0 Å². The van der Waals surface area contributed by atoms with Crippen LogP contribution in [-0.2, 0) is 11.3 Å². The van der Waals surface area contributed by atoms with Crippen molar-refractivity contribution in [2.45, 2.75) is 25.7 Å². The average Bonchev–Trinajstić information content (AvgIpc) is 2.76. The molecule has 2 atom stereocenters. The number of nitrogen functional groups attached to an aromatic ring is 1. The molecule has 1 aromatic heterocycles. The third kappa shape index (κ3) is 3.29. The molecule has 19 heavy (non-hydrogen) atoms. The highest BCUT2D eigenvalue weighted by Crippen LogP contribution is 2.21. The van der Waals surface area contributed by atoms with Gasteiger partial charge in [-0.3, -0.25) is 0 Å². The fraction of sp³-hybridized carbons (Fsp3) is 0.636. The Balaban J connectivity index is 2.19. The van der Waals surface area contributed by atoms with Gasteiger partial charge in [0.05, 0.1) is 12.2 Å². The Kier molecular flexibility index (Phi) is 4.48. The fourth-order valence-electron chi connectivity index (χ4n) is 1.93. The van der Waals surface area contributed by atoms with Crippen molar-refractivity contribution >= 4 is 11.6 Å². The summed E-state index contributed by atoms with van der Waals surface area (Å²) in [6.45, 7) is 3.41. The van der Waals surface area contributed by atoms with Crippen LogP contribution >= 0.6 is 0 Å². The highest BCUT2D eigenvalue weighted by Gasteiger charge is 2.30. The van der Waals surface area contributed by atoms with E-state index in [9.17, 15) is 10.2 Å². The normalized spacial score (nSPS) is 22.8. The molecule has 1 saturated heterocycles. The third-order valence-electron chi connectivity index (χ3n) is 2.93. The summed E-state index contributed by atoms with van der Waals surface area (Å²) in [5.74, 6) is 6.95. The number of β-amino-alcohol motifs (C(OH)–C–C–N with tert-alkyl or cyclic N) is 2. The van der Waals surface area contributed by atoms with E-state index in [1.807, 2.05) is 6.92 Å². The molecule has 0 bridgehead atoms. The Hall–Kier alpha value is -1.48. The number of aliphatic hydroxyl groups excluding tert-OH is 2. The van der Waals surface area contributed by atoms with E-state index in [0.717, 1.165) is 0 Å². The van der Waals surface area contributed by atoms with Crippen molar-refractivity contribution in [3.05, 3.63) is 11.9 Å². The van der Waals surface area contributed by atoms with Crippen LogP contribution in [-0.4, -0.2) is 52.1 Å². The van der Waals surface area contributed by atoms with Crippen molar-refractivity contribution in [3.8, 4) is 0 Å². The molecule has 106 valence electrons. The molecule has 2 rings (SSSR count). The van der Waals surface area contributed by atoms with E-state index in [4.69, 9.17) is 10.6 Å². The minimum atomic E-state index is -0.764. The molecule has 0 radical (unpaired) electrons. The molecule has 2 unspecified atom stereocenters. The zero-order valence-corrected chi connectivity index (χ0v) is 10.8. The monoisotopic (exact) mass is 269 g/mol. The van der Waals surface area contributed by atoms with Gasteiger partial charge in [0.2, 0.25) is 0 Å². The van der Waals surface area contributed by atoms with Crippen LogP contribution in [0.5, 0.6) is 0 Å². The molecule has 1 aromatic rings. The molecule has 1 fully saturated rings. The lowest BCUT2D eigenvalue weighted by molar-refractivity contribution is 0.0572. The van der Waals surface area contributed by atoms with Crippen LogP contribution in [0.2, 0.25) is 0 Å². The SMILES string of the molecule is CCOCc1nc(NN)cc(N2CC(O)C(O)C2)n1. The molecular formula is C11H19N5O3. The number of anilines is 2. The first-order valence-corrected chi connectivity index (χ1v) is 6.17. The number of hydrogen-bond acceptors (Lipinski definition) is 8. The van der Waals surface area contributed by atoms with Crippen LogP contribution in [0.15, 0.2) is 6.07 Å². The summed E-state index contributed by atoms with van der Waals surface area (Å²) in [5, 5.41) is 19.1. The van der Waals surface area contributed by atoms with Crippen LogP contribution in [0.4, 0.5) is 11.6 Å². The number of rotatable bonds is 5. The van der Waals surface area contributed by atoms with E-state index in [-0.39, 0.29) is 6.61 Å². The van der Waals surface area contributed by atoms with E-state index in [1.54, 1.807) is 11.0 Å². The number of hydrazine groups is 1. The molecule has 8 nitrogen and oxygen atoms in total. The van der Waals surface area contributed by atoms with Gasteiger partial charge in [-0.2, -0.15) is 0 Å². The molecule has 0 aromatic carbocycles. The Labute approximate surface area is 111 Å². The van der Waals surface area contributed by atoms with E-state index in [0.29, 0.717) is 37.2 Å². The van der Waals surface area contributed by atoms with E-state index in [2.05, 4.69) is 15.4 Å². The second-order valence-corrected chi connectivity index (χ2v) is 4.35. The van der Waals surface area contributed by atoms with Gasteiger partial charge in [0.15, 0.2) is 5.82 Å². The predicted molar refractivity (Wildman–Crippen MR) is 69.4 cm³/mol. The first-order valence-electron chi connectivity index (χ1n) is 6.17. The number of nitrogens with two attached hydrogens (primary N) is 1. The molecule has 8 heteroatoms. The summed E-state index contributed by atoms with van der Waals surface area (Å²) < 4.78 is 5.27. The number of aromatic nitrogens is 2. The van der Waals surface area contributed by atoms with E-state index >= 15 is 0 Å². The lowest BCUT2D eigenvalue weighted by atomic mass is 10.3. The number of nitrogens with one attached hydrogen (secondary N) is 1. The maximum absolute atomic E-state index is 9.57. The summed E-state index contributed by atoms with van der Waals surface area (Å²) in [7, 11) is 0. The second kappa shape index (κ2) is 6.11. The van der Waals surface area contributed by atoms with Gasteiger partial charge < -0.3 is 25.3 Å². The van der Waals surface area contributed by atoms with Gasteiger partial charge in [-0.1, -0.05) is 0 Å². The molecule has 1 aliphatic heterocycles. The highest BCUT2D eigenvalue weighted by molar-refractivity contribution is 5.50. The van der Waals surface area contributed by atoms with Crippen LogP contribution in [0.25, 0.3) is 0 Å². The predicted octanol–water partition coefficient (Wildman–Crippen LogP) is -1.16. The minimum absolute atomic E-state index is 0.290. The van der Waals surface area contributed by atoms with Gasteiger partial charge in [-0.25, -0.2) is 15.8 Å². The van der Waals surface area contributed by atoms with Gasteiger partial charge in [-0.15, -0.1) is 0 Å². The smallest absolute Gasteiger partial charge is 0.158 e. The summed E-state index contributed by atoms with van der Waals surface area (Å²) in [4.78, 5) is 10.3. The lowest BCUT2D eigenvalue weighted by Gasteiger charge is -2.18. The van der Waals surface area contributed by atoms with Crippen LogP contribution in [0.3, 0.4) is 0 Å². The molecule has 5 N–H and O–H groups in total. The summed E-state index contributed by atoms with van der Waals surface area (Å²) in [6, 6.07) is 1.67. The molecule has 1 aliphatic rings. The van der Waals surface area contributed by atoms with Gasteiger partial charge in [0, 0.05) is 25.8 Å². The van der Waals surface area contributed by atoms with Gasteiger partial charge in [0.1, 0.15) is 18.2 Å².